The lowest BCUT2D eigenvalue weighted by Gasteiger charge is -1.99. The summed E-state index contributed by atoms with van der Waals surface area (Å²) in [6, 6.07) is 13.0. The predicted octanol–water partition coefficient (Wildman–Crippen LogP) is 5.50. The number of ketones is 1. The van der Waals surface area contributed by atoms with Gasteiger partial charge in [-0.15, -0.1) is 0 Å². The second-order valence-electron chi connectivity index (χ2n) is 4.53. The van der Waals surface area contributed by atoms with Crippen molar-refractivity contribution in [1.82, 2.24) is 0 Å². The third kappa shape index (κ3) is 2.34. The van der Waals surface area contributed by atoms with Crippen LogP contribution < -0.4 is 0 Å². The normalized spacial score (nSPS) is 10.9. The van der Waals surface area contributed by atoms with Crippen molar-refractivity contribution in [3.05, 3.63) is 68.3 Å². The first-order chi connectivity index (χ1) is 9.56. The van der Waals surface area contributed by atoms with E-state index in [1.165, 1.54) is 0 Å². The number of carbonyl (C=O) groups excluding carboxylic acids is 1. The molecule has 0 unspecified atom stereocenters. The summed E-state index contributed by atoms with van der Waals surface area (Å²) >= 11 is 6.77. The van der Waals surface area contributed by atoms with Gasteiger partial charge in [-0.2, -0.15) is 0 Å². The summed E-state index contributed by atoms with van der Waals surface area (Å²) in [5, 5.41) is 0.966. The smallest absolute Gasteiger partial charge is 0.228 e. The highest BCUT2D eigenvalue weighted by molar-refractivity contribution is 9.10. The van der Waals surface area contributed by atoms with E-state index in [-0.39, 0.29) is 5.78 Å². The number of rotatable bonds is 2. The molecule has 3 rings (SSSR count). The SMILES string of the molecule is Cc1c(C(=O)c2ccc(Br)cc2)oc2cc(Br)ccc12. The summed E-state index contributed by atoms with van der Waals surface area (Å²) in [6.45, 7) is 1.91. The lowest BCUT2D eigenvalue weighted by atomic mass is 10.1. The third-order valence-electron chi connectivity index (χ3n) is 3.21. The van der Waals surface area contributed by atoms with E-state index in [9.17, 15) is 4.79 Å². The Morgan fingerprint density at radius 3 is 2.35 bits per heavy atom. The van der Waals surface area contributed by atoms with Gasteiger partial charge in [0.1, 0.15) is 5.58 Å². The van der Waals surface area contributed by atoms with Crippen molar-refractivity contribution in [2.75, 3.05) is 0 Å². The van der Waals surface area contributed by atoms with E-state index < -0.39 is 0 Å². The van der Waals surface area contributed by atoms with Crippen molar-refractivity contribution in [1.29, 1.82) is 0 Å². The van der Waals surface area contributed by atoms with E-state index in [0.717, 1.165) is 25.5 Å². The highest BCUT2D eigenvalue weighted by Gasteiger charge is 2.19. The molecule has 1 heterocycles. The molecule has 100 valence electrons. The van der Waals surface area contributed by atoms with Gasteiger partial charge in [-0.3, -0.25) is 4.79 Å². The third-order valence-corrected chi connectivity index (χ3v) is 4.23. The van der Waals surface area contributed by atoms with Crippen LogP contribution in [-0.4, -0.2) is 5.78 Å². The van der Waals surface area contributed by atoms with E-state index in [1.807, 2.05) is 37.3 Å². The van der Waals surface area contributed by atoms with E-state index >= 15 is 0 Å². The summed E-state index contributed by atoms with van der Waals surface area (Å²) in [5.74, 6) is 0.308. The number of carbonyl (C=O) groups is 1. The summed E-state index contributed by atoms with van der Waals surface area (Å²) < 4.78 is 7.61. The Hall–Kier alpha value is -1.39. The number of hydrogen-bond acceptors (Lipinski definition) is 2. The zero-order valence-electron chi connectivity index (χ0n) is 10.6. The molecule has 1 aromatic heterocycles. The minimum Gasteiger partial charge on any atom is -0.452 e. The van der Waals surface area contributed by atoms with Crippen molar-refractivity contribution in [3.8, 4) is 0 Å². The maximum Gasteiger partial charge on any atom is 0.228 e. The van der Waals surface area contributed by atoms with Crippen LogP contribution in [0.5, 0.6) is 0 Å². The zero-order chi connectivity index (χ0) is 14.3. The summed E-state index contributed by atoms with van der Waals surface area (Å²) in [6.07, 6.45) is 0. The average Bonchev–Trinajstić information content (AvgIpc) is 2.75. The average molecular weight is 394 g/mol. The lowest BCUT2D eigenvalue weighted by Crippen LogP contribution is -2.01. The van der Waals surface area contributed by atoms with Crippen LogP contribution in [0, 0.1) is 6.92 Å². The molecular weight excluding hydrogens is 384 g/mol. The van der Waals surface area contributed by atoms with Gasteiger partial charge in [0.25, 0.3) is 0 Å². The molecule has 0 amide bonds. The molecule has 0 atom stereocenters. The number of hydrogen-bond donors (Lipinski definition) is 0. The van der Waals surface area contributed by atoms with Crippen LogP contribution in [0.2, 0.25) is 0 Å². The Balaban J connectivity index is 2.12. The molecule has 0 spiro atoms. The second kappa shape index (κ2) is 5.19. The van der Waals surface area contributed by atoms with E-state index in [2.05, 4.69) is 31.9 Å². The molecule has 0 aliphatic carbocycles. The summed E-state index contributed by atoms with van der Waals surface area (Å²) in [4.78, 5) is 12.5. The Bertz CT molecular complexity index is 801. The van der Waals surface area contributed by atoms with Gasteiger partial charge in [-0.25, -0.2) is 0 Å². The Morgan fingerprint density at radius 1 is 1.00 bits per heavy atom. The molecule has 0 aliphatic heterocycles. The van der Waals surface area contributed by atoms with Crippen molar-refractivity contribution in [2.45, 2.75) is 6.92 Å². The van der Waals surface area contributed by atoms with Crippen molar-refractivity contribution < 1.29 is 9.21 Å². The molecular formula is C16H10Br2O2. The summed E-state index contributed by atoms with van der Waals surface area (Å²) in [7, 11) is 0. The molecule has 4 heteroatoms. The molecule has 0 saturated carbocycles. The fourth-order valence-electron chi connectivity index (χ4n) is 2.15. The largest absolute Gasteiger partial charge is 0.452 e. The fourth-order valence-corrected chi connectivity index (χ4v) is 2.75. The first-order valence-electron chi connectivity index (χ1n) is 6.05. The van der Waals surface area contributed by atoms with Crippen LogP contribution in [0.1, 0.15) is 21.7 Å². The topological polar surface area (TPSA) is 30.2 Å². The van der Waals surface area contributed by atoms with E-state index in [1.54, 1.807) is 12.1 Å². The van der Waals surface area contributed by atoms with Crippen LogP contribution >= 0.6 is 31.9 Å². The van der Waals surface area contributed by atoms with Gasteiger partial charge in [-0.1, -0.05) is 31.9 Å². The zero-order valence-corrected chi connectivity index (χ0v) is 13.8. The van der Waals surface area contributed by atoms with Gasteiger partial charge in [-0.05, 0) is 49.4 Å². The van der Waals surface area contributed by atoms with Crippen molar-refractivity contribution in [2.24, 2.45) is 0 Å². The number of halogens is 2. The molecule has 2 nitrogen and oxygen atoms in total. The number of benzene rings is 2. The number of furan rings is 1. The lowest BCUT2D eigenvalue weighted by molar-refractivity contribution is 0.101. The minimum absolute atomic E-state index is 0.0951. The quantitative estimate of drug-likeness (QED) is 0.538. The molecule has 0 saturated heterocycles. The Morgan fingerprint density at radius 2 is 1.65 bits per heavy atom. The Labute approximate surface area is 133 Å². The van der Waals surface area contributed by atoms with Crippen LogP contribution in [0.25, 0.3) is 11.0 Å². The van der Waals surface area contributed by atoms with E-state index in [0.29, 0.717) is 11.3 Å². The monoisotopic (exact) mass is 392 g/mol. The van der Waals surface area contributed by atoms with Gasteiger partial charge < -0.3 is 4.42 Å². The highest BCUT2D eigenvalue weighted by Crippen LogP contribution is 2.29. The van der Waals surface area contributed by atoms with Gasteiger partial charge in [0, 0.05) is 25.5 Å². The molecule has 3 aromatic rings. The molecule has 2 aromatic carbocycles. The second-order valence-corrected chi connectivity index (χ2v) is 6.36. The van der Waals surface area contributed by atoms with Gasteiger partial charge in [0.05, 0.1) is 0 Å². The van der Waals surface area contributed by atoms with Gasteiger partial charge in [0.2, 0.25) is 5.78 Å². The highest BCUT2D eigenvalue weighted by atomic mass is 79.9. The fraction of sp³-hybridized carbons (Fsp3) is 0.0625. The van der Waals surface area contributed by atoms with E-state index in [4.69, 9.17) is 4.42 Å². The maximum absolute atomic E-state index is 12.5. The molecule has 0 bridgehead atoms. The maximum atomic E-state index is 12.5. The number of aryl methyl sites for hydroxylation is 1. The van der Waals surface area contributed by atoms with Crippen LogP contribution in [0.4, 0.5) is 0 Å². The van der Waals surface area contributed by atoms with Crippen molar-refractivity contribution in [3.63, 3.8) is 0 Å². The Kier molecular flexibility index (Phi) is 3.52. The first kappa shape index (κ1) is 13.6. The molecule has 20 heavy (non-hydrogen) atoms. The standard InChI is InChI=1S/C16H10Br2O2/c1-9-13-7-6-12(18)8-14(13)20-16(9)15(19)10-2-4-11(17)5-3-10/h2-8H,1H3. The minimum atomic E-state index is -0.0951. The molecule has 0 aliphatic rings. The first-order valence-corrected chi connectivity index (χ1v) is 7.64. The van der Waals surface area contributed by atoms with Crippen molar-refractivity contribution >= 4 is 48.6 Å². The predicted molar refractivity (Wildman–Crippen MR) is 86.2 cm³/mol. The number of fused-ring (bicyclic) bond motifs is 1. The molecule has 0 radical (unpaired) electrons. The van der Waals surface area contributed by atoms with Gasteiger partial charge >= 0.3 is 0 Å². The van der Waals surface area contributed by atoms with Gasteiger partial charge in [0.15, 0.2) is 5.76 Å². The van der Waals surface area contributed by atoms with Crippen LogP contribution in [-0.2, 0) is 0 Å². The van der Waals surface area contributed by atoms with Crippen LogP contribution in [0.3, 0.4) is 0 Å². The molecule has 0 N–H and O–H groups in total. The van der Waals surface area contributed by atoms with Crippen LogP contribution in [0.15, 0.2) is 55.8 Å². The molecule has 0 fully saturated rings. The summed E-state index contributed by atoms with van der Waals surface area (Å²) in [5.41, 5.74) is 2.21.